The first-order valence-corrected chi connectivity index (χ1v) is 8.67. The van der Waals surface area contributed by atoms with Crippen molar-refractivity contribution in [1.82, 2.24) is 4.90 Å². The van der Waals surface area contributed by atoms with Gasteiger partial charge in [-0.1, -0.05) is 0 Å². The zero-order valence-corrected chi connectivity index (χ0v) is 15.5. The number of nitrogens with zero attached hydrogens (tertiary/aromatic N) is 1. The Hall–Kier alpha value is -1.22. The molecule has 0 aromatic heterocycles. The van der Waals surface area contributed by atoms with Crippen molar-refractivity contribution in [3.63, 3.8) is 0 Å². The van der Waals surface area contributed by atoms with Crippen LogP contribution in [0.15, 0.2) is 17.0 Å². The lowest BCUT2D eigenvalue weighted by molar-refractivity contribution is -0.122. The highest BCUT2D eigenvalue weighted by molar-refractivity contribution is 14.1. The van der Waals surface area contributed by atoms with Crippen molar-refractivity contribution in [2.24, 2.45) is 0 Å². The number of imide groups is 1. The average molecular weight is 433 g/mol. The number of hydrogen-bond acceptors (Lipinski definition) is 5. The van der Waals surface area contributed by atoms with E-state index in [0.717, 1.165) is 20.9 Å². The number of rotatable bonds is 5. The standard InChI is InChI=1S/C15H16INO4S/c1-4-17-14(18)12(22-15(17)19)8-9-6-10(16)13(21-5-2)11(7-9)20-3/h6-8H,4-5H2,1-3H3. The summed E-state index contributed by atoms with van der Waals surface area (Å²) in [6, 6.07) is 3.70. The molecular formula is C15H16INO4S. The summed E-state index contributed by atoms with van der Waals surface area (Å²) in [6.45, 7) is 4.61. The lowest BCUT2D eigenvalue weighted by Gasteiger charge is -2.12. The zero-order valence-electron chi connectivity index (χ0n) is 12.5. The van der Waals surface area contributed by atoms with Crippen LogP contribution in [0.2, 0.25) is 0 Å². The largest absolute Gasteiger partial charge is 0.493 e. The average Bonchev–Trinajstić information content (AvgIpc) is 2.75. The zero-order chi connectivity index (χ0) is 16.3. The Morgan fingerprint density at radius 1 is 1.32 bits per heavy atom. The van der Waals surface area contributed by atoms with E-state index in [1.54, 1.807) is 26.2 Å². The maximum atomic E-state index is 12.1. The molecule has 1 saturated heterocycles. The number of benzene rings is 1. The van der Waals surface area contributed by atoms with E-state index in [1.165, 1.54) is 4.90 Å². The van der Waals surface area contributed by atoms with Crippen LogP contribution >= 0.6 is 34.4 Å². The second kappa shape index (κ2) is 7.36. The Labute approximate surface area is 147 Å². The van der Waals surface area contributed by atoms with E-state index in [-0.39, 0.29) is 11.1 Å². The van der Waals surface area contributed by atoms with Crippen LogP contribution in [0.5, 0.6) is 11.5 Å². The third-order valence-corrected chi connectivity index (χ3v) is 4.74. The monoisotopic (exact) mass is 433 g/mol. The quantitative estimate of drug-likeness (QED) is 0.523. The summed E-state index contributed by atoms with van der Waals surface area (Å²) in [4.78, 5) is 25.5. The summed E-state index contributed by atoms with van der Waals surface area (Å²) in [5, 5.41) is -0.230. The summed E-state index contributed by atoms with van der Waals surface area (Å²) in [5.41, 5.74) is 0.798. The first kappa shape index (κ1) is 17.1. The van der Waals surface area contributed by atoms with Crippen molar-refractivity contribution in [3.05, 3.63) is 26.2 Å². The molecule has 1 aromatic rings. The van der Waals surface area contributed by atoms with Crippen LogP contribution in [0, 0.1) is 3.57 Å². The number of ether oxygens (including phenoxy) is 2. The van der Waals surface area contributed by atoms with Gasteiger partial charge in [-0.25, -0.2) is 0 Å². The number of amides is 2. The molecule has 0 unspecified atom stereocenters. The van der Waals surface area contributed by atoms with Gasteiger partial charge in [0.05, 0.1) is 22.2 Å². The minimum atomic E-state index is -0.250. The van der Waals surface area contributed by atoms with Crippen LogP contribution in [0.25, 0.3) is 6.08 Å². The van der Waals surface area contributed by atoms with Crippen LogP contribution in [0.1, 0.15) is 19.4 Å². The molecule has 0 N–H and O–H groups in total. The fourth-order valence-electron chi connectivity index (χ4n) is 2.03. The third kappa shape index (κ3) is 3.40. The van der Waals surface area contributed by atoms with Crippen molar-refractivity contribution in [2.75, 3.05) is 20.3 Å². The number of thioether (sulfide) groups is 1. The molecule has 5 nitrogen and oxygen atoms in total. The Balaban J connectivity index is 2.38. The summed E-state index contributed by atoms with van der Waals surface area (Å²) in [7, 11) is 1.57. The second-order valence-electron chi connectivity index (χ2n) is 4.39. The Kier molecular flexibility index (Phi) is 5.74. The fraction of sp³-hybridized carbons (Fsp3) is 0.333. The first-order valence-electron chi connectivity index (χ1n) is 6.77. The first-order chi connectivity index (χ1) is 10.5. The predicted molar refractivity (Wildman–Crippen MR) is 95.2 cm³/mol. The number of halogens is 1. The van der Waals surface area contributed by atoms with Gasteiger partial charge < -0.3 is 9.47 Å². The lowest BCUT2D eigenvalue weighted by Crippen LogP contribution is -2.27. The van der Waals surface area contributed by atoms with Crippen LogP contribution in [-0.4, -0.2) is 36.3 Å². The molecule has 1 fully saturated rings. The van der Waals surface area contributed by atoms with E-state index in [1.807, 2.05) is 13.0 Å². The molecule has 2 rings (SSSR count). The van der Waals surface area contributed by atoms with Gasteiger partial charge in [0.2, 0.25) is 0 Å². The Morgan fingerprint density at radius 2 is 2.05 bits per heavy atom. The summed E-state index contributed by atoms with van der Waals surface area (Å²) in [6.07, 6.45) is 1.71. The summed E-state index contributed by atoms with van der Waals surface area (Å²) >= 11 is 3.12. The van der Waals surface area contributed by atoms with Crippen LogP contribution < -0.4 is 9.47 Å². The third-order valence-electron chi connectivity index (χ3n) is 3.03. The SMILES string of the molecule is CCOc1c(I)cc(C=C2SC(=O)N(CC)C2=O)cc1OC. The molecule has 0 aliphatic carbocycles. The molecule has 1 heterocycles. The van der Waals surface area contributed by atoms with Crippen molar-refractivity contribution >= 4 is 51.6 Å². The summed E-state index contributed by atoms with van der Waals surface area (Å²) in [5.74, 6) is 1.04. The van der Waals surface area contributed by atoms with Crippen molar-refractivity contribution in [3.8, 4) is 11.5 Å². The van der Waals surface area contributed by atoms with E-state index >= 15 is 0 Å². The Morgan fingerprint density at radius 3 is 2.59 bits per heavy atom. The van der Waals surface area contributed by atoms with Gasteiger partial charge in [0.1, 0.15) is 0 Å². The van der Waals surface area contributed by atoms with E-state index in [4.69, 9.17) is 9.47 Å². The molecule has 22 heavy (non-hydrogen) atoms. The normalized spacial score (nSPS) is 16.5. The van der Waals surface area contributed by atoms with Crippen LogP contribution in [-0.2, 0) is 4.79 Å². The van der Waals surface area contributed by atoms with Crippen LogP contribution in [0.4, 0.5) is 4.79 Å². The van der Waals surface area contributed by atoms with E-state index in [0.29, 0.717) is 29.6 Å². The van der Waals surface area contributed by atoms with Crippen molar-refractivity contribution < 1.29 is 19.1 Å². The minimum absolute atomic E-state index is 0.230. The van der Waals surface area contributed by atoms with Gasteiger partial charge in [-0.05, 0) is 72.0 Å². The number of likely N-dealkylation sites (N-methyl/N-ethyl adjacent to an activating group) is 1. The van der Waals surface area contributed by atoms with Gasteiger partial charge in [-0.15, -0.1) is 0 Å². The highest BCUT2D eigenvalue weighted by Gasteiger charge is 2.33. The summed E-state index contributed by atoms with van der Waals surface area (Å²) < 4.78 is 11.8. The molecule has 0 spiro atoms. The highest BCUT2D eigenvalue weighted by Crippen LogP contribution is 2.37. The van der Waals surface area contributed by atoms with Crippen LogP contribution in [0.3, 0.4) is 0 Å². The molecule has 1 aliphatic heterocycles. The molecule has 2 amide bonds. The number of carbonyl (C=O) groups excluding carboxylic acids is 2. The number of carbonyl (C=O) groups is 2. The maximum absolute atomic E-state index is 12.1. The van der Waals surface area contributed by atoms with Crippen molar-refractivity contribution in [2.45, 2.75) is 13.8 Å². The van der Waals surface area contributed by atoms with Crippen molar-refractivity contribution in [1.29, 1.82) is 0 Å². The smallest absolute Gasteiger partial charge is 0.293 e. The van der Waals surface area contributed by atoms with Gasteiger partial charge in [0.15, 0.2) is 11.5 Å². The molecule has 0 atom stereocenters. The molecule has 0 bridgehead atoms. The topological polar surface area (TPSA) is 55.8 Å². The maximum Gasteiger partial charge on any atom is 0.293 e. The molecule has 0 saturated carbocycles. The fourth-order valence-corrected chi connectivity index (χ4v) is 3.72. The van der Waals surface area contributed by atoms with Gasteiger partial charge in [0.25, 0.3) is 11.1 Å². The van der Waals surface area contributed by atoms with E-state index in [2.05, 4.69) is 22.6 Å². The molecule has 7 heteroatoms. The van der Waals surface area contributed by atoms with E-state index < -0.39 is 0 Å². The number of methoxy groups -OCH3 is 1. The second-order valence-corrected chi connectivity index (χ2v) is 6.55. The Bertz CT molecular complexity index is 645. The number of hydrogen-bond donors (Lipinski definition) is 0. The van der Waals surface area contributed by atoms with Gasteiger partial charge in [-0.2, -0.15) is 0 Å². The molecule has 1 aromatic carbocycles. The lowest BCUT2D eigenvalue weighted by atomic mass is 10.2. The molecule has 118 valence electrons. The highest BCUT2D eigenvalue weighted by atomic mass is 127. The van der Waals surface area contributed by atoms with Gasteiger partial charge in [0, 0.05) is 6.54 Å². The molecule has 1 aliphatic rings. The van der Waals surface area contributed by atoms with E-state index in [9.17, 15) is 9.59 Å². The predicted octanol–water partition coefficient (Wildman–Crippen LogP) is 3.75. The molecule has 0 radical (unpaired) electrons. The van der Waals surface area contributed by atoms with Gasteiger partial charge in [-0.3, -0.25) is 14.5 Å². The minimum Gasteiger partial charge on any atom is -0.493 e. The molecular weight excluding hydrogens is 417 g/mol. The van der Waals surface area contributed by atoms with Gasteiger partial charge >= 0.3 is 0 Å².